The van der Waals surface area contributed by atoms with Crippen LogP contribution in [0.4, 0.5) is 15.8 Å². The van der Waals surface area contributed by atoms with E-state index in [2.05, 4.69) is 26.6 Å². The molecule has 0 fully saturated rings. The van der Waals surface area contributed by atoms with Crippen LogP contribution < -0.4 is 10.6 Å². The highest BCUT2D eigenvalue weighted by Crippen LogP contribution is 2.34. The first kappa shape index (κ1) is 20.2. The number of rotatable bonds is 6. The molecule has 3 aromatic rings. The Balaban J connectivity index is 1.74. The lowest BCUT2D eigenvalue weighted by molar-refractivity contribution is -0.114. The fourth-order valence-corrected chi connectivity index (χ4v) is 3.95. The Morgan fingerprint density at radius 1 is 1.14 bits per heavy atom. The average molecular weight is 461 g/mol. The van der Waals surface area contributed by atoms with Crippen molar-refractivity contribution in [3.63, 3.8) is 0 Å². The fraction of sp³-hybridized carbons (Fsp3) is 0.0952. The number of benzene rings is 3. The Morgan fingerprint density at radius 3 is 2.57 bits per heavy atom. The number of hydrogen-bond donors (Lipinski definition) is 3. The van der Waals surface area contributed by atoms with E-state index in [9.17, 15) is 14.3 Å². The van der Waals surface area contributed by atoms with Crippen LogP contribution in [0.3, 0.4) is 0 Å². The molecule has 0 aliphatic rings. The molecule has 7 heteroatoms. The molecule has 0 spiro atoms. The highest BCUT2D eigenvalue weighted by Gasteiger charge is 2.10. The van der Waals surface area contributed by atoms with E-state index in [-0.39, 0.29) is 5.91 Å². The molecular weight excluding hydrogens is 443 g/mol. The Labute approximate surface area is 175 Å². The monoisotopic (exact) mass is 460 g/mol. The zero-order valence-corrected chi connectivity index (χ0v) is 17.4. The predicted octanol–water partition coefficient (Wildman–Crippen LogP) is 6.02. The first-order valence-corrected chi connectivity index (χ1v) is 10.1. The van der Waals surface area contributed by atoms with Gasteiger partial charge in [0.15, 0.2) is 11.6 Å². The molecule has 0 heterocycles. The van der Waals surface area contributed by atoms with E-state index in [4.69, 9.17) is 0 Å². The summed E-state index contributed by atoms with van der Waals surface area (Å²) in [4.78, 5) is 13.2. The van der Waals surface area contributed by atoms with Crippen molar-refractivity contribution in [3.8, 4) is 5.75 Å². The Hall–Kier alpha value is -2.51. The van der Waals surface area contributed by atoms with Gasteiger partial charge in [0.05, 0.1) is 5.69 Å². The second-order valence-electron chi connectivity index (χ2n) is 6.05. The van der Waals surface area contributed by atoms with Gasteiger partial charge in [-0.15, -0.1) is 0 Å². The summed E-state index contributed by atoms with van der Waals surface area (Å²) < 4.78 is 14.2. The largest absolute Gasteiger partial charge is 0.503 e. The van der Waals surface area contributed by atoms with Crippen LogP contribution in [0, 0.1) is 5.82 Å². The predicted molar refractivity (Wildman–Crippen MR) is 114 cm³/mol. The number of anilines is 2. The molecule has 28 heavy (non-hydrogen) atoms. The van der Waals surface area contributed by atoms with Gasteiger partial charge in [0.25, 0.3) is 0 Å². The zero-order chi connectivity index (χ0) is 20.1. The molecular formula is C21H18BrFN2O2S. The van der Waals surface area contributed by atoms with E-state index < -0.39 is 11.6 Å². The molecule has 3 rings (SSSR count). The molecule has 0 unspecified atom stereocenters. The molecule has 0 saturated carbocycles. The van der Waals surface area contributed by atoms with Crippen LogP contribution in [0.5, 0.6) is 5.75 Å². The fourth-order valence-electron chi connectivity index (χ4n) is 2.58. The third-order valence-corrected chi connectivity index (χ3v) is 5.46. The number of halogens is 2. The van der Waals surface area contributed by atoms with Crippen LogP contribution in [0.15, 0.2) is 74.9 Å². The second kappa shape index (κ2) is 9.12. The standard InChI is InChI=1S/C21H18BrFN2O2S/c1-13(26)25-16-6-8-17(9-7-16)28-20-5-3-2-4-14(20)12-24-19-11-15(22)10-18(23)21(19)27/h2-11,24,27H,12H2,1H3,(H,25,26). The van der Waals surface area contributed by atoms with Crippen molar-refractivity contribution >= 4 is 45.0 Å². The van der Waals surface area contributed by atoms with Crippen molar-refractivity contribution in [2.75, 3.05) is 10.6 Å². The maximum absolute atomic E-state index is 13.7. The lowest BCUT2D eigenvalue weighted by Gasteiger charge is -2.13. The minimum absolute atomic E-state index is 0.107. The summed E-state index contributed by atoms with van der Waals surface area (Å²) in [5, 5.41) is 15.7. The van der Waals surface area contributed by atoms with Gasteiger partial charge < -0.3 is 15.7 Å². The molecule has 0 aliphatic carbocycles. The van der Waals surface area contributed by atoms with Crippen molar-refractivity contribution in [1.82, 2.24) is 0 Å². The van der Waals surface area contributed by atoms with Gasteiger partial charge >= 0.3 is 0 Å². The summed E-state index contributed by atoms with van der Waals surface area (Å²) in [7, 11) is 0. The van der Waals surface area contributed by atoms with Crippen molar-refractivity contribution in [3.05, 3.63) is 76.5 Å². The SMILES string of the molecule is CC(=O)Nc1ccc(Sc2ccccc2CNc2cc(Br)cc(F)c2O)cc1. The van der Waals surface area contributed by atoms with Gasteiger partial charge in [-0.1, -0.05) is 45.9 Å². The molecule has 0 radical (unpaired) electrons. The third kappa shape index (κ3) is 5.27. The van der Waals surface area contributed by atoms with Crippen LogP contribution in [-0.4, -0.2) is 11.0 Å². The van der Waals surface area contributed by atoms with Gasteiger partial charge in [0, 0.05) is 33.4 Å². The molecule has 0 saturated heterocycles. The second-order valence-corrected chi connectivity index (χ2v) is 8.08. The number of aromatic hydroxyl groups is 1. The number of carbonyl (C=O) groups is 1. The van der Waals surface area contributed by atoms with Crippen molar-refractivity contribution in [2.45, 2.75) is 23.3 Å². The van der Waals surface area contributed by atoms with Gasteiger partial charge in [-0.2, -0.15) is 0 Å². The number of carbonyl (C=O) groups excluding carboxylic acids is 1. The Kier molecular flexibility index (Phi) is 6.59. The zero-order valence-electron chi connectivity index (χ0n) is 15.0. The van der Waals surface area contributed by atoms with Gasteiger partial charge in [0.1, 0.15) is 0 Å². The van der Waals surface area contributed by atoms with E-state index in [0.29, 0.717) is 16.7 Å². The van der Waals surface area contributed by atoms with Gasteiger partial charge in [0.2, 0.25) is 5.91 Å². The molecule has 3 aromatic carbocycles. The summed E-state index contributed by atoms with van der Waals surface area (Å²) in [6.07, 6.45) is 0. The summed E-state index contributed by atoms with van der Waals surface area (Å²) in [5.41, 5.74) is 2.09. The number of phenols is 1. The number of phenolic OH excluding ortho intramolecular Hbond substituents is 1. The average Bonchev–Trinajstić information content (AvgIpc) is 2.65. The number of amides is 1. The molecule has 144 valence electrons. The van der Waals surface area contributed by atoms with Gasteiger partial charge in [-0.25, -0.2) is 4.39 Å². The van der Waals surface area contributed by atoms with Crippen LogP contribution >= 0.6 is 27.7 Å². The summed E-state index contributed by atoms with van der Waals surface area (Å²) in [5.74, 6) is -1.19. The first-order valence-electron chi connectivity index (χ1n) is 8.47. The molecule has 3 N–H and O–H groups in total. The van der Waals surface area contributed by atoms with Gasteiger partial charge in [-0.05, 0) is 48.0 Å². The number of hydrogen-bond acceptors (Lipinski definition) is 4. The van der Waals surface area contributed by atoms with E-state index in [1.54, 1.807) is 17.8 Å². The highest BCUT2D eigenvalue weighted by atomic mass is 79.9. The summed E-state index contributed by atoms with van der Waals surface area (Å²) >= 11 is 4.82. The third-order valence-electron chi connectivity index (χ3n) is 3.87. The number of nitrogens with one attached hydrogen (secondary N) is 2. The lowest BCUT2D eigenvalue weighted by atomic mass is 10.2. The van der Waals surface area contributed by atoms with Crippen LogP contribution in [-0.2, 0) is 11.3 Å². The molecule has 0 aliphatic heterocycles. The topological polar surface area (TPSA) is 61.4 Å². The van der Waals surface area contributed by atoms with Crippen molar-refractivity contribution < 1.29 is 14.3 Å². The highest BCUT2D eigenvalue weighted by molar-refractivity contribution is 9.10. The lowest BCUT2D eigenvalue weighted by Crippen LogP contribution is -2.05. The van der Waals surface area contributed by atoms with E-state index in [0.717, 1.165) is 21.0 Å². The molecule has 0 atom stereocenters. The van der Waals surface area contributed by atoms with Crippen LogP contribution in [0.1, 0.15) is 12.5 Å². The Morgan fingerprint density at radius 2 is 1.86 bits per heavy atom. The molecule has 4 nitrogen and oxygen atoms in total. The first-order chi connectivity index (χ1) is 13.4. The van der Waals surface area contributed by atoms with Crippen LogP contribution in [0.2, 0.25) is 0 Å². The Bertz CT molecular complexity index is 996. The molecule has 1 amide bonds. The van der Waals surface area contributed by atoms with Crippen molar-refractivity contribution in [2.24, 2.45) is 0 Å². The maximum atomic E-state index is 13.7. The van der Waals surface area contributed by atoms with E-state index >= 15 is 0 Å². The van der Waals surface area contributed by atoms with Gasteiger partial charge in [-0.3, -0.25) is 4.79 Å². The molecule has 0 aromatic heterocycles. The minimum atomic E-state index is -0.682. The summed E-state index contributed by atoms with van der Waals surface area (Å²) in [6, 6.07) is 18.3. The molecule has 0 bridgehead atoms. The minimum Gasteiger partial charge on any atom is -0.503 e. The van der Waals surface area contributed by atoms with Crippen molar-refractivity contribution in [1.29, 1.82) is 0 Å². The maximum Gasteiger partial charge on any atom is 0.221 e. The van der Waals surface area contributed by atoms with E-state index in [1.807, 2.05) is 48.5 Å². The smallest absolute Gasteiger partial charge is 0.221 e. The van der Waals surface area contributed by atoms with Crippen LogP contribution in [0.25, 0.3) is 0 Å². The quantitative estimate of drug-likeness (QED) is 0.393. The summed E-state index contributed by atoms with van der Waals surface area (Å²) in [6.45, 7) is 1.90. The van der Waals surface area contributed by atoms with E-state index in [1.165, 1.54) is 13.0 Å². The normalized spacial score (nSPS) is 10.5.